The van der Waals surface area contributed by atoms with Crippen molar-refractivity contribution >= 4 is 23.0 Å². The van der Waals surface area contributed by atoms with Crippen molar-refractivity contribution in [1.29, 1.82) is 0 Å². The molecule has 0 aromatic heterocycles. The van der Waals surface area contributed by atoms with Crippen molar-refractivity contribution < 1.29 is 9.53 Å². The lowest BCUT2D eigenvalue weighted by Crippen LogP contribution is -2.36. The highest BCUT2D eigenvalue weighted by Crippen LogP contribution is 2.31. The van der Waals surface area contributed by atoms with E-state index >= 15 is 0 Å². The number of benzene rings is 1. The van der Waals surface area contributed by atoms with Gasteiger partial charge in [0.05, 0.1) is 24.6 Å². The molecule has 0 radical (unpaired) electrons. The molecule has 0 saturated carbocycles. The zero-order valence-corrected chi connectivity index (χ0v) is 16.7. The summed E-state index contributed by atoms with van der Waals surface area (Å²) >= 11 is 0. The summed E-state index contributed by atoms with van der Waals surface area (Å²) in [5.74, 6) is 0.0753. The fraction of sp³-hybridized carbons (Fsp3) is 0.500. The van der Waals surface area contributed by atoms with Gasteiger partial charge in [0.1, 0.15) is 0 Å². The number of rotatable bonds is 5. The van der Waals surface area contributed by atoms with Crippen molar-refractivity contribution in [2.24, 2.45) is 4.99 Å². The average molecular weight is 393 g/mol. The average Bonchev–Trinajstić information content (AvgIpc) is 3.26. The van der Waals surface area contributed by atoms with Gasteiger partial charge in [0.15, 0.2) is 5.71 Å². The van der Waals surface area contributed by atoms with Crippen LogP contribution in [0.3, 0.4) is 0 Å². The molecule has 2 saturated heterocycles. The predicted molar refractivity (Wildman–Crippen MR) is 114 cm³/mol. The number of hydrogen-bond acceptors (Lipinski definition) is 5. The van der Waals surface area contributed by atoms with E-state index < -0.39 is 0 Å². The number of morpholine rings is 1. The highest BCUT2D eigenvalue weighted by Gasteiger charge is 2.23. The van der Waals surface area contributed by atoms with Crippen LogP contribution in [0.1, 0.15) is 31.2 Å². The minimum atomic E-state index is -0.223. The van der Waals surface area contributed by atoms with Crippen LogP contribution in [0, 0.1) is 6.57 Å². The highest BCUT2D eigenvalue weighted by molar-refractivity contribution is 6.44. The maximum absolute atomic E-state index is 12.7. The Morgan fingerprint density at radius 2 is 1.97 bits per heavy atom. The topological polar surface area (TPSA) is 61.5 Å². The second-order valence-corrected chi connectivity index (χ2v) is 7.68. The van der Waals surface area contributed by atoms with Crippen molar-refractivity contribution in [3.05, 3.63) is 47.1 Å². The Balaban J connectivity index is 1.53. The van der Waals surface area contributed by atoms with Crippen LogP contribution in [-0.2, 0) is 16.1 Å². The van der Waals surface area contributed by atoms with Gasteiger partial charge >= 0.3 is 0 Å². The molecule has 0 atom stereocenters. The van der Waals surface area contributed by atoms with Crippen molar-refractivity contribution in [2.75, 3.05) is 49.6 Å². The normalized spacial score (nSPS) is 20.0. The van der Waals surface area contributed by atoms with Crippen LogP contribution in [0.5, 0.6) is 0 Å². The van der Waals surface area contributed by atoms with E-state index in [-0.39, 0.29) is 5.91 Å². The van der Waals surface area contributed by atoms with Gasteiger partial charge in [-0.2, -0.15) is 0 Å². The summed E-state index contributed by atoms with van der Waals surface area (Å²) in [5, 5.41) is 3.04. The predicted octanol–water partition coefficient (Wildman–Crippen LogP) is 3.05. The van der Waals surface area contributed by atoms with Crippen LogP contribution in [0.4, 0.5) is 11.4 Å². The summed E-state index contributed by atoms with van der Waals surface area (Å²) in [4.78, 5) is 24.9. The quantitative estimate of drug-likeness (QED) is 0.781. The molecular weight excluding hydrogens is 366 g/mol. The summed E-state index contributed by atoms with van der Waals surface area (Å²) in [6.45, 7) is 13.4. The number of carbonyl (C=O) groups excluding carboxylic acids is 1. The van der Waals surface area contributed by atoms with Gasteiger partial charge in [-0.15, -0.1) is 4.99 Å². The number of nitrogens with zero attached hydrogens (tertiary/aromatic N) is 4. The molecule has 7 nitrogen and oxygen atoms in total. The molecule has 3 aliphatic rings. The van der Waals surface area contributed by atoms with Gasteiger partial charge in [-0.1, -0.05) is 18.7 Å². The molecule has 3 aliphatic heterocycles. The molecule has 0 aliphatic carbocycles. The number of carbonyl (C=O) groups is 1. The molecule has 152 valence electrons. The number of anilines is 2. The van der Waals surface area contributed by atoms with Crippen molar-refractivity contribution in [3.8, 4) is 0 Å². The lowest BCUT2D eigenvalue weighted by molar-refractivity contribution is -0.110. The van der Waals surface area contributed by atoms with Crippen molar-refractivity contribution in [1.82, 2.24) is 4.90 Å². The van der Waals surface area contributed by atoms with Crippen LogP contribution in [0.2, 0.25) is 0 Å². The Kier molecular flexibility index (Phi) is 6.23. The lowest BCUT2D eigenvalue weighted by atomic mass is 10.1. The third-order valence-corrected chi connectivity index (χ3v) is 5.62. The summed E-state index contributed by atoms with van der Waals surface area (Å²) < 4.78 is 5.45. The van der Waals surface area contributed by atoms with Crippen LogP contribution in [-0.4, -0.2) is 55.9 Å². The minimum Gasteiger partial charge on any atom is -0.379 e. The van der Waals surface area contributed by atoms with Gasteiger partial charge in [-0.25, -0.2) is 0 Å². The zero-order valence-electron chi connectivity index (χ0n) is 16.7. The molecule has 0 unspecified atom stereocenters. The first kappa shape index (κ1) is 19.6. The van der Waals surface area contributed by atoms with E-state index in [1.807, 2.05) is 6.07 Å². The first-order valence-electron chi connectivity index (χ1n) is 10.4. The van der Waals surface area contributed by atoms with E-state index in [1.165, 1.54) is 24.8 Å². The second kappa shape index (κ2) is 9.21. The van der Waals surface area contributed by atoms with E-state index in [1.54, 1.807) is 6.08 Å². The minimum absolute atomic E-state index is 0.223. The third-order valence-electron chi connectivity index (χ3n) is 5.62. The van der Waals surface area contributed by atoms with Crippen LogP contribution < -0.4 is 10.2 Å². The first-order chi connectivity index (χ1) is 14.2. The number of ether oxygens (including phenoxy) is 1. The van der Waals surface area contributed by atoms with Crippen molar-refractivity contribution in [2.45, 2.75) is 32.2 Å². The third kappa shape index (κ3) is 4.84. The molecule has 1 aromatic rings. The highest BCUT2D eigenvalue weighted by atomic mass is 16.5. The summed E-state index contributed by atoms with van der Waals surface area (Å²) in [5.41, 5.74) is 3.56. The van der Waals surface area contributed by atoms with Gasteiger partial charge < -0.3 is 19.8 Å². The second-order valence-electron chi connectivity index (χ2n) is 7.68. The van der Waals surface area contributed by atoms with E-state index in [0.717, 1.165) is 57.3 Å². The van der Waals surface area contributed by atoms with E-state index in [0.29, 0.717) is 18.0 Å². The molecule has 4 rings (SSSR count). The largest absolute Gasteiger partial charge is 0.379 e. The number of hydrogen-bond donors (Lipinski definition) is 1. The van der Waals surface area contributed by atoms with E-state index in [2.05, 4.69) is 37.1 Å². The number of nitrogens with one attached hydrogen (secondary N) is 1. The van der Waals surface area contributed by atoms with Crippen LogP contribution >= 0.6 is 0 Å². The number of allylic oxidation sites excluding steroid dienone is 1. The summed E-state index contributed by atoms with van der Waals surface area (Å²) in [6, 6.07) is 6.32. The van der Waals surface area contributed by atoms with Crippen molar-refractivity contribution in [3.63, 3.8) is 0 Å². The smallest absolute Gasteiger partial charge is 0.294 e. The lowest BCUT2D eigenvalue weighted by Gasteiger charge is -2.32. The molecule has 1 N–H and O–H groups in total. The Bertz CT molecular complexity index is 858. The standard InChI is InChI=1S/C22H27N5O2/c1-23-21-8-7-19(24-21)22(28)25-18-6-5-17(16-26-11-13-29-14-12-26)15-20(18)27-9-3-2-4-10-27/h5-6,8,15H,2-4,7,9-14,16H2,(H,25,28). The molecule has 0 spiro atoms. The molecular formula is C22H27N5O2. The fourth-order valence-electron chi connectivity index (χ4n) is 4.02. The van der Waals surface area contributed by atoms with E-state index in [4.69, 9.17) is 11.3 Å². The molecule has 7 heteroatoms. The molecule has 1 amide bonds. The Hall–Kier alpha value is -2.69. The molecule has 29 heavy (non-hydrogen) atoms. The van der Waals surface area contributed by atoms with E-state index in [9.17, 15) is 4.79 Å². The van der Waals surface area contributed by atoms with Gasteiger partial charge in [0.2, 0.25) is 0 Å². The Morgan fingerprint density at radius 3 is 2.69 bits per heavy atom. The summed E-state index contributed by atoms with van der Waals surface area (Å²) in [6.07, 6.45) is 5.71. The molecule has 3 heterocycles. The monoisotopic (exact) mass is 393 g/mol. The van der Waals surface area contributed by atoms with Gasteiger partial charge in [0.25, 0.3) is 11.7 Å². The molecule has 2 fully saturated rings. The maximum atomic E-state index is 12.7. The summed E-state index contributed by atoms with van der Waals surface area (Å²) in [7, 11) is 0. The number of piperidine rings is 1. The molecule has 1 aromatic carbocycles. The zero-order chi connectivity index (χ0) is 20.1. The number of amides is 1. The fourth-order valence-corrected chi connectivity index (χ4v) is 4.02. The Morgan fingerprint density at radius 1 is 1.17 bits per heavy atom. The molecule has 0 bridgehead atoms. The van der Waals surface area contributed by atoms with Gasteiger partial charge in [-0.3, -0.25) is 9.69 Å². The maximum Gasteiger partial charge on any atom is 0.294 e. The van der Waals surface area contributed by atoms with Crippen LogP contribution in [0.15, 0.2) is 35.1 Å². The first-order valence-corrected chi connectivity index (χ1v) is 10.4. The SMILES string of the molecule is [C-]#[N+]C1=CCC(C(=O)Nc2ccc(CN3CCOCC3)cc2N2CCCCC2)=N1. The van der Waals surface area contributed by atoms with Crippen LogP contribution in [0.25, 0.3) is 4.85 Å². The number of aliphatic imine (C=N–C) groups is 1. The van der Waals surface area contributed by atoms with Gasteiger partial charge in [-0.05, 0) is 37.0 Å². The Labute approximate surface area is 171 Å². The van der Waals surface area contributed by atoms with Gasteiger partial charge in [0, 0.05) is 39.1 Å².